The van der Waals surface area contributed by atoms with Crippen molar-refractivity contribution in [2.24, 2.45) is 0 Å². The van der Waals surface area contributed by atoms with Crippen molar-refractivity contribution in [3.63, 3.8) is 0 Å². The lowest BCUT2D eigenvalue weighted by Gasteiger charge is -2.15. The van der Waals surface area contributed by atoms with Gasteiger partial charge in [0.25, 0.3) is 0 Å². The van der Waals surface area contributed by atoms with Crippen LogP contribution in [0, 0.1) is 13.8 Å². The maximum Gasteiger partial charge on any atom is 0.139 e. The van der Waals surface area contributed by atoms with E-state index in [1.807, 2.05) is 38.1 Å². The lowest BCUT2D eigenvalue weighted by Crippen LogP contribution is -2.08. The molecule has 0 aliphatic rings. The van der Waals surface area contributed by atoms with Gasteiger partial charge in [-0.25, -0.2) is 0 Å². The standard InChI is InChI=1S/C13H17N3O/c1-8(13-9(2)16-17-10(13)3)15-12-6-4-11(14)5-7-12/h4-8,15H,14H2,1-3H3. The number of hydrogen-bond donors (Lipinski definition) is 2. The number of hydrogen-bond acceptors (Lipinski definition) is 4. The predicted molar refractivity (Wildman–Crippen MR) is 68.9 cm³/mol. The molecule has 4 heteroatoms. The Hall–Kier alpha value is -1.97. The maximum absolute atomic E-state index is 5.65. The molecule has 17 heavy (non-hydrogen) atoms. The number of nitrogens with zero attached hydrogens (tertiary/aromatic N) is 1. The van der Waals surface area contributed by atoms with Crippen molar-refractivity contribution < 1.29 is 4.52 Å². The van der Waals surface area contributed by atoms with Gasteiger partial charge >= 0.3 is 0 Å². The lowest BCUT2D eigenvalue weighted by atomic mass is 10.1. The van der Waals surface area contributed by atoms with Crippen LogP contribution in [0.1, 0.15) is 30.0 Å². The Morgan fingerprint density at radius 1 is 1.24 bits per heavy atom. The average Bonchev–Trinajstić information content (AvgIpc) is 2.62. The largest absolute Gasteiger partial charge is 0.399 e. The van der Waals surface area contributed by atoms with E-state index in [1.165, 1.54) is 0 Å². The topological polar surface area (TPSA) is 64.1 Å². The highest BCUT2D eigenvalue weighted by Gasteiger charge is 2.15. The van der Waals surface area contributed by atoms with Crippen molar-refractivity contribution in [2.75, 3.05) is 11.1 Å². The van der Waals surface area contributed by atoms with Gasteiger partial charge in [0.1, 0.15) is 5.76 Å². The lowest BCUT2D eigenvalue weighted by molar-refractivity contribution is 0.392. The van der Waals surface area contributed by atoms with Gasteiger partial charge in [0.15, 0.2) is 0 Å². The van der Waals surface area contributed by atoms with Gasteiger partial charge in [-0.15, -0.1) is 0 Å². The molecule has 4 nitrogen and oxygen atoms in total. The molecule has 1 unspecified atom stereocenters. The third kappa shape index (κ3) is 2.41. The Balaban J connectivity index is 2.17. The molecule has 0 aliphatic heterocycles. The predicted octanol–water partition coefficient (Wildman–Crippen LogP) is 3.05. The Morgan fingerprint density at radius 3 is 2.41 bits per heavy atom. The maximum atomic E-state index is 5.65. The summed E-state index contributed by atoms with van der Waals surface area (Å²) in [5.41, 5.74) is 9.49. The van der Waals surface area contributed by atoms with Crippen LogP contribution < -0.4 is 11.1 Å². The fourth-order valence-electron chi connectivity index (χ4n) is 2.01. The van der Waals surface area contributed by atoms with Crippen LogP contribution in [0.3, 0.4) is 0 Å². The Labute approximate surface area is 101 Å². The first-order valence-corrected chi connectivity index (χ1v) is 5.63. The van der Waals surface area contributed by atoms with Gasteiger partial charge in [-0.1, -0.05) is 5.16 Å². The summed E-state index contributed by atoms with van der Waals surface area (Å²) >= 11 is 0. The van der Waals surface area contributed by atoms with Crippen LogP contribution in [0.15, 0.2) is 28.8 Å². The van der Waals surface area contributed by atoms with E-state index in [1.54, 1.807) is 0 Å². The Bertz CT molecular complexity index is 482. The van der Waals surface area contributed by atoms with Crippen molar-refractivity contribution in [1.82, 2.24) is 5.16 Å². The summed E-state index contributed by atoms with van der Waals surface area (Å²) in [6.07, 6.45) is 0. The molecule has 0 bridgehead atoms. The molecular formula is C13H17N3O. The fourth-order valence-corrected chi connectivity index (χ4v) is 2.01. The Kier molecular flexibility index (Phi) is 3.04. The highest BCUT2D eigenvalue weighted by Crippen LogP contribution is 2.25. The zero-order chi connectivity index (χ0) is 12.4. The molecule has 1 heterocycles. The minimum atomic E-state index is 0.157. The number of aryl methyl sites for hydroxylation is 2. The van der Waals surface area contributed by atoms with E-state index in [2.05, 4.69) is 17.4 Å². The van der Waals surface area contributed by atoms with Crippen molar-refractivity contribution in [2.45, 2.75) is 26.8 Å². The number of rotatable bonds is 3. The number of anilines is 2. The van der Waals surface area contributed by atoms with E-state index < -0.39 is 0 Å². The molecule has 1 aromatic carbocycles. The normalized spacial score (nSPS) is 12.4. The van der Waals surface area contributed by atoms with Crippen LogP contribution in [-0.4, -0.2) is 5.16 Å². The molecule has 1 aromatic heterocycles. The van der Waals surface area contributed by atoms with Gasteiger partial charge in [-0.05, 0) is 45.0 Å². The van der Waals surface area contributed by atoms with Crippen LogP contribution in [0.4, 0.5) is 11.4 Å². The van der Waals surface area contributed by atoms with E-state index >= 15 is 0 Å². The average molecular weight is 231 g/mol. The summed E-state index contributed by atoms with van der Waals surface area (Å²) in [5.74, 6) is 0.859. The van der Waals surface area contributed by atoms with Gasteiger partial charge in [0, 0.05) is 16.9 Å². The van der Waals surface area contributed by atoms with Crippen molar-refractivity contribution in [3.05, 3.63) is 41.3 Å². The van der Waals surface area contributed by atoms with E-state index in [4.69, 9.17) is 10.3 Å². The zero-order valence-electron chi connectivity index (χ0n) is 10.3. The summed E-state index contributed by atoms with van der Waals surface area (Å²) in [7, 11) is 0. The molecule has 2 aromatic rings. The third-order valence-electron chi connectivity index (χ3n) is 2.82. The molecule has 0 fully saturated rings. The minimum Gasteiger partial charge on any atom is -0.399 e. The second-order valence-electron chi connectivity index (χ2n) is 4.23. The molecule has 0 radical (unpaired) electrons. The molecule has 0 aliphatic carbocycles. The molecule has 3 N–H and O–H groups in total. The quantitative estimate of drug-likeness (QED) is 0.797. The van der Waals surface area contributed by atoms with Crippen LogP contribution >= 0.6 is 0 Å². The monoisotopic (exact) mass is 231 g/mol. The number of nitrogens with one attached hydrogen (secondary N) is 1. The minimum absolute atomic E-state index is 0.157. The fraction of sp³-hybridized carbons (Fsp3) is 0.308. The molecular weight excluding hydrogens is 214 g/mol. The third-order valence-corrected chi connectivity index (χ3v) is 2.82. The van der Waals surface area contributed by atoms with Crippen LogP contribution in [0.25, 0.3) is 0 Å². The number of benzene rings is 1. The molecule has 90 valence electrons. The number of aromatic nitrogens is 1. The molecule has 0 spiro atoms. The highest BCUT2D eigenvalue weighted by atomic mass is 16.5. The summed E-state index contributed by atoms with van der Waals surface area (Å²) in [5, 5.41) is 7.36. The highest BCUT2D eigenvalue weighted by molar-refractivity contribution is 5.52. The summed E-state index contributed by atoms with van der Waals surface area (Å²) < 4.78 is 5.16. The summed E-state index contributed by atoms with van der Waals surface area (Å²) in [6, 6.07) is 7.84. The number of nitrogen functional groups attached to an aromatic ring is 1. The number of nitrogens with two attached hydrogens (primary N) is 1. The van der Waals surface area contributed by atoms with Crippen LogP contribution in [0.2, 0.25) is 0 Å². The van der Waals surface area contributed by atoms with Gasteiger partial charge < -0.3 is 15.6 Å². The van der Waals surface area contributed by atoms with Gasteiger partial charge in [0.2, 0.25) is 0 Å². The molecule has 0 amide bonds. The van der Waals surface area contributed by atoms with Crippen molar-refractivity contribution in [3.8, 4) is 0 Å². The molecule has 2 rings (SSSR count). The van der Waals surface area contributed by atoms with E-state index in [9.17, 15) is 0 Å². The van der Waals surface area contributed by atoms with E-state index in [-0.39, 0.29) is 6.04 Å². The van der Waals surface area contributed by atoms with Crippen molar-refractivity contribution in [1.29, 1.82) is 0 Å². The van der Waals surface area contributed by atoms with Crippen LogP contribution in [0.5, 0.6) is 0 Å². The summed E-state index contributed by atoms with van der Waals surface area (Å²) in [4.78, 5) is 0. The van der Waals surface area contributed by atoms with Crippen LogP contribution in [-0.2, 0) is 0 Å². The first-order valence-electron chi connectivity index (χ1n) is 5.63. The summed E-state index contributed by atoms with van der Waals surface area (Å²) in [6.45, 7) is 5.96. The van der Waals surface area contributed by atoms with Gasteiger partial charge in [0.05, 0.1) is 11.7 Å². The van der Waals surface area contributed by atoms with E-state index in [0.717, 1.165) is 28.4 Å². The first kappa shape index (κ1) is 11.5. The van der Waals surface area contributed by atoms with Gasteiger partial charge in [-0.2, -0.15) is 0 Å². The Morgan fingerprint density at radius 2 is 1.88 bits per heavy atom. The first-order chi connectivity index (χ1) is 8.08. The van der Waals surface area contributed by atoms with Crippen molar-refractivity contribution >= 4 is 11.4 Å². The smallest absolute Gasteiger partial charge is 0.139 e. The second-order valence-corrected chi connectivity index (χ2v) is 4.23. The van der Waals surface area contributed by atoms with Gasteiger partial charge in [-0.3, -0.25) is 0 Å². The molecule has 0 saturated carbocycles. The zero-order valence-corrected chi connectivity index (χ0v) is 10.3. The SMILES string of the molecule is Cc1noc(C)c1C(C)Nc1ccc(N)cc1. The molecule has 0 saturated heterocycles. The molecule has 1 atom stereocenters. The second kappa shape index (κ2) is 4.49. The van der Waals surface area contributed by atoms with E-state index in [0.29, 0.717) is 0 Å².